The van der Waals surface area contributed by atoms with E-state index in [1.54, 1.807) is 6.07 Å². The number of carbonyl (C=O) groups is 1. The number of carbonyl (C=O) groups excluding carboxylic acids is 1. The van der Waals surface area contributed by atoms with Crippen LogP contribution in [0.5, 0.6) is 5.75 Å². The summed E-state index contributed by atoms with van der Waals surface area (Å²) in [5, 5.41) is 9.25. The molecule has 0 bridgehead atoms. The molecule has 0 saturated carbocycles. The molecule has 1 amide bonds. The molecule has 0 heterocycles. The van der Waals surface area contributed by atoms with Crippen LogP contribution in [0, 0.1) is 7.14 Å². The normalized spacial score (nSPS) is 9.83. The lowest BCUT2D eigenvalue weighted by molar-refractivity contribution is 0.0999. The number of rotatable bonds is 1. The molecule has 1 aromatic carbocycles. The Hall–Kier alpha value is -0.0500. The van der Waals surface area contributed by atoms with Crippen molar-refractivity contribution in [3.05, 3.63) is 24.8 Å². The molecule has 3 N–H and O–H groups in total. The summed E-state index contributed by atoms with van der Waals surface area (Å²) < 4.78 is 1.46. The molecule has 1 rings (SSSR count). The van der Waals surface area contributed by atoms with Crippen LogP contribution in [0.2, 0.25) is 0 Å². The lowest BCUT2D eigenvalue weighted by Crippen LogP contribution is -2.12. The van der Waals surface area contributed by atoms with E-state index < -0.39 is 5.91 Å². The molecular formula is C7H5I2NO2. The van der Waals surface area contributed by atoms with Crippen molar-refractivity contribution in [3.8, 4) is 5.75 Å². The second-order valence-corrected chi connectivity index (χ2v) is 4.47. The van der Waals surface area contributed by atoms with Crippen LogP contribution in [-0.4, -0.2) is 11.0 Å². The molecule has 12 heavy (non-hydrogen) atoms. The van der Waals surface area contributed by atoms with E-state index >= 15 is 0 Å². The Morgan fingerprint density at radius 3 is 2.42 bits per heavy atom. The van der Waals surface area contributed by atoms with Gasteiger partial charge in [0.15, 0.2) is 0 Å². The summed E-state index contributed by atoms with van der Waals surface area (Å²) >= 11 is 3.98. The number of phenols is 1. The molecule has 0 aromatic heterocycles. The van der Waals surface area contributed by atoms with Crippen molar-refractivity contribution in [2.75, 3.05) is 0 Å². The number of phenolic OH excluding ortho intramolecular Hbond substituents is 1. The summed E-state index contributed by atoms with van der Waals surface area (Å²) in [6.07, 6.45) is 0. The average molecular weight is 389 g/mol. The summed E-state index contributed by atoms with van der Waals surface area (Å²) in [5.41, 5.74) is 5.43. The predicted molar refractivity (Wildman–Crippen MR) is 62.1 cm³/mol. The first-order chi connectivity index (χ1) is 5.52. The number of halogens is 2. The van der Waals surface area contributed by atoms with Crippen molar-refractivity contribution in [2.24, 2.45) is 5.73 Å². The lowest BCUT2D eigenvalue weighted by atomic mass is 10.2. The van der Waals surface area contributed by atoms with Gasteiger partial charge in [0, 0.05) is 3.57 Å². The van der Waals surface area contributed by atoms with E-state index in [2.05, 4.69) is 0 Å². The zero-order chi connectivity index (χ0) is 9.30. The predicted octanol–water partition coefficient (Wildman–Crippen LogP) is 1.70. The quantitative estimate of drug-likeness (QED) is 0.719. The number of hydrogen-bond acceptors (Lipinski definition) is 2. The van der Waals surface area contributed by atoms with Gasteiger partial charge >= 0.3 is 0 Å². The molecule has 0 aliphatic heterocycles. The van der Waals surface area contributed by atoms with Gasteiger partial charge in [0.1, 0.15) is 5.75 Å². The maximum Gasteiger partial charge on any atom is 0.249 e. The van der Waals surface area contributed by atoms with Crippen molar-refractivity contribution in [2.45, 2.75) is 0 Å². The van der Waals surface area contributed by atoms with Gasteiger partial charge in [0.05, 0.1) is 9.13 Å². The van der Waals surface area contributed by atoms with Crippen molar-refractivity contribution < 1.29 is 9.90 Å². The fourth-order valence-electron chi connectivity index (χ4n) is 0.726. The van der Waals surface area contributed by atoms with E-state index in [0.29, 0.717) is 9.13 Å². The first-order valence-corrected chi connectivity index (χ1v) is 5.16. The molecule has 0 atom stereocenters. The molecule has 0 fully saturated rings. The average Bonchev–Trinajstić information content (AvgIpc) is 1.96. The summed E-state index contributed by atoms with van der Waals surface area (Å²) in [6, 6.07) is 3.09. The summed E-state index contributed by atoms with van der Waals surface area (Å²) in [4.78, 5) is 10.8. The molecule has 0 aliphatic rings. The van der Waals surface area contributed by atoms with E-state index in [9.17, 15) is 9.90 Å². The van der Waals surface area contributed by atoms with Crippen LogP contribution in [0.1, 0.15) is 10.4 Å². The summed E-state index contributed by atoms with van der Waals surface area (Å²) in [5.74, 6) is -0.434. The third-order valence-electron chi connectivity index (χ3n) is 1.30. The molecule has 0 aliphatic carbocycles. The summed E-state index contributed by atoms with van der Waals surface area (Å²) in [6.45, 7) is 0. The fraction of sp³-hybridized carbons (Fsp3) is 0. The van der Waals surface area contributed by atoms with Gasteiger partial charge in [-0.2, -0.15) is 0 Å². The summed E-state index contributed by atoms with van der Waals surface area (Å²) in [7, 11) is 0. The second kappa shape index (κ2) is 3.77. The number of hydrogen-bond donors (Lipinski definition) is 2. The number of benzene rings is 1. The van der Waals surface area contributed by atoms with Crippen LogP contribution in [0.3, 0.4) is 0 Å². The third kappa shape index (κ3) is 2.00. The Labute approximate surface area is 96.6 Å². The topological polar surface area (TPSA) is 63.3 Å². The lowest BCUT2D eigenvalue weighted by Gasteiger charge is -2.02. The Morgan fingerprint density at radius 1 is 1.33 bits per heavy atom. The zero-order valence-electron chi connectivity index (χ0n) is 5.84. The first-order valence-electron chi connectivity index (χ1n) is 3.00. The largest absolute Gasteiger partial charge is 0.507 e. The van der Waals surface area contributed by atoms with Gasteiger partial charge in [0.25, 0.3) is 0 Å². The van der Waals surface area contributed by atoms with Crippen molar-refractivity contribution in [1.29, 1.82) is 0 Å². The minimum absolute atomic E-state index is 0.0878. The minimum atomic E-state index is -0.522. The van der Waals surface area contributed by atoms with Crippen LogP contribution in [0.4, 0.5) is 0 Å². The van der Waals surface area contributed by atoms with Crippen LogP contribution in [0.25, 0.3) is 0 Å². The molecule has 0 saturated heterocycles. The van der Waals surface area contributed by atoms with Gasteiger partial charge in [-0.1, -0.05) is 0 Å². The molecule has 3 nitrogen and oxygen atoms in total. The minimum Gasteiger partial charge on any atom is -0.507 e. The molecule has 0 unspecified atom stereocenters. The third-order valence-corrected chi connectivity index (χ3v) is 3.06. The Balaban J connectivity index is 3.33. The number of aromatic hydroxyl groups is 1. The first kappa shape index (κ1) is 10.0. The van der Waals surface area contributed by atoms with E-state index in [-0.39, 0.29) is 5.75 Å². The van der Waals surface area contributed by atoms with Gasteiger partial charge in [0.2, 0.25) is 5.91 Å². The van der Waals surface area contributed by atoms with E-state index in [4.69, 9.17) is 5.73 Å². The SMILES string of the molecule is NC(=O)c1cc(O)c(I)cc1I. The van der Waals surface area contributed by atoms with Gasteiger partial charge < -0.3 is 10.8 Å². The molecule has 1 aromatic rings. The van der Waals surface area contributed by atoms with Crippen molar-refractivity contribution in [1.82, 2.24) is 0 Å². The number of nitrogens with two attached hydrogens (primary N) is 1. The van der Waals surface area contributed by atoms with Crippen LogP contribution in [-0.2, 0) is 0 Å². The smallest absolute Gasteiger partial charge is 0.249 e. The Kier molecular flexibility index (Phi) is 3.16. The molecule has 5 heteroatoms. The van der Waals surface area contributed by atoms with Gasteiger partial charge in [-0.3, -0.25) is 4.79 Å². The highest BCUT2D eigenvalue weighted by Gasteiger charge is 2.09. The molecular weight excluding hydrogens is 384 g/mol. The molecule has 64 valence electrons. The Bertz CT molecular complexity index is 338. The highest BCUT2D eigenvalue weighted by atomic mass is 127. The van der Waals surface area contributed by atoms with E-state index in [1.807, 2.05) is 45.2 Å². The van der Waals surface area contributed by atoms with Gasteiger partial charge in [-0.25, -0.2) is 0 Å². The maximum atomic E-state index is 10.8. The van der Waals surface area contributed by atoms with Gasteiger partial charge in [-0.05, 0) is 57.3 Å². The van der Waals surface area contributed by atoms with Crippen LogP contribution >= 0.6 is 45.2 Å². The number of primary amides is 1. The molecule has 0 radical (unpaired) electrons. The monoisotopic (exact) mass is 389 g/mol. The van der Waals surface area contributed by atoms with Crippen molar-refractivity contribution in [3.63, 3.8) is 0 Å². The van der Waals surface area contributed by atoms with Crippen molar-refractivity contribution >= 4 is 51.1 Å². The zero-order valence-corrected chi connectivity index (χ0v) is 10.2. The molecule has 0 spiro atoms. The fourth-order valence-corrected chi connectivity index (χ4v) is 2.52. The number of amides is 1. The highest BCUT2D eigenvalue weighted by Crippen LogP contribution is 2.24. The van der Waals surface area contributed by atoms with E-state index in [0.717, 1.165) is 3.57 Å². The maximum absolute atomic E-state index is 10.8. The second-order valence-electron chi connectivity index (χ2n) is 2.15. The standard InChI is InChI=1S/C7H5I2NO2/c8-4-2-5(9)6(11)1-3(4)7(10)12/h1-2,11H,(H2,10,12). The Morgan fingerprint density at radius 2 is 1.92 bits per heavy atom. The van der Waals surface area contributed by atoms with Crippen LogP contribution in [0.15, 0.2) is 12.1 Å². The highest BCUT2D eigenvalue weighted by molar-refractivity contribution is 14.1. The van der Waals surface area contributed by atoms with Gasteiger partial charge in [-0.15, -0.1) is 0 Å². The van der Waals surface area contributed by atoms with Crippen LogP contribution < -0.4 is 5.73 Å². The van der Waals surface area contributed by atoms with E-state index in [1.165, 1.54) is 6.07 Å².